The fraction of sp³-hybridized carbons (Fsp3) is 0.375. The van der Waals surface area contributed by atoms with Gasteiger partial charge in [0.1, 0.15) is 0 Å². The predicted octanol–water partition coefficient (Wildman–Crippen LogP) is 1.03. The van der Waals surface area contributed by atoms with Gasteiger partial charge in [-0.05, 0) is 11.6 Å². The lowest BCUT2D eigenvalue weighted by Crippen LogP contribution is -2.28. The quantitative estimate of drug-likeness (QED) is 0.775. The Morgan fingerprint density at radius 1 is 1.43 bits per heavy atom. The zero-order chi connectivity index (χ0) is 10.6. The van der Waals surface area contributed by atoms with E-state index < -0.39 is 12.7 Å². The molecule has 0 aliphatic rings. The van der Waals surface area contributed by atoms with Crippen molar-refractivity contribution in [2.45, 2.75) is 12.7 Å². The van der Waals surface area contributed by atoms with E-state index in [1.54, 1.807) is 6.07 Å². The Hall–Kier alpha value is -1.30. The second-order valence-electron chi connectivity index (χ2n) is 2.78. The Bertz CT molecular complexity index is 345. The molecule has 0 atom stereocenters. The van der Waals surface area contributed by atoms with Gasteiger partial charge in [0, 0.05) is 18.8 Å². The molecular weight excluding hydrogens is 197 g/mol. The highest BCUT2D eigenvalue weighted by molar-refractivity contribution is 5.09. The van der Waals surface area contributed by atoms with Crippen LogP contribution in [0.2, 0.25) is 0 Å². The van der Waals surface area contributed by atoms with E-state index in [1.807, 2.05) is 0 Å². The average Bonchev–Trinajstić information content (AvgIpc) is 2.01. The van der Waals surface area contributed by atoms with E-state index >= 15 is 0 Å². The molecule has 1 rings (SSSR count). The second-order valence-corrected chi connectivity index (χ2v) is 2.78. The number of aromatic nitrogens is 1. The molecule has 0 fully saturated rings. The van der Waals surface area contributed by atoms with Gasteiger partial charge >= 0.3 is 6.18 Å². The molecule has 2 N–H and O–H groups in total. The molecule has 0 saturated carbocycles. The molecule has 0 radical (unpaired) electrons. The normalized spacial score (nSPS) is 11.6. The third-order valence-corrected chi connectivity index (χ3v) is 1.49. The smallest absolute Gasteiger partial charge is 0.329 e. The number of hydrogen-bond donors (Lipinski definition) is 2. The van der Waals surface area contributed by atoms with E-state index in [0.29, 0.717) is 5.56 Å². The van der Waals surface area contributed by atoms with Gasteiger partial charge in [0.05, 0.1) is 6.54 Å². The summed E-state index contributed by atoms with van der Waals surface area (Å²) in [5.74, 6) is 0. The molecular formula is C8H9F3N2O. The molecule has 6 heteroatoms. The van der Waals surface area contributed by atoms with Crippen LogP contribution in [-0.2, 0) is 6.54 Å². The number of hydrogen-bond acceptors (Lipinski definition) is 2. The first-order valence-electron chi connectivity index (χ1n) is 3.92. The maximum atomic E-state index is 11.7. The van der Waals surface area contributed by atoms with Gasteiger partial charge in [0.2, 0.25) is 5.56 Å². The standard InChI is InChI=1S/C8H9F3N2O/c9-8(10,11)5-12-4-6-1-2-13-7(14)3-6/h1-3,12H,4-5H2,(H,13,14). The molecule has 0 aliphatic carbocycles. The fourth-order valence-electron chi connectivity index (χ4n) is 0.948. The summed E-state index contributed by atoms with van der Waals surface area (Å²) in [6.07, 6.45) is -2.83. The van der Waals surface area contributed by atoms with Crippen molar-refractivity contribution in [2.24, 2.45) is 0 Å². The first kappa shape index (κ1) is 10.8. The summed E-state index contributed by atoms with van der Waals surface area (Å²) >= 11 is 0. The summed E-state index contributed by atoms with van der Waals surface area (Å²) in [6.45, 7) is -1.02. The van der Waals surface area contributed by atoms with Crippen molar-refractivity contribution < 1.29 is 13.2 Å². The number of nitrogens with one attached hydrogen (secondary N) is 2. The van der Waals surface area contributed by atoms with Crippen LogP contribution in [0.25, 0.3) is 0 Å². The zero-order valence-corrected chi connectivity index (χ0v) is 7.19. The molecule has 0 unspecified atom stereocenters. The van der Waals surface area contributed by atoms with Crippen LogP contribution >= 0.6 is 0 Å². The third-order valence-electron chi connectivity index (χ3n) is 1.49. The molecule has 0 saturated heterocycles. The third kappa shape index (κ3) is 4.08. The van der Waals surface area contributed by atoms with Gasteiger partial charge in [0.15, 0.2) is 0 Å². The van der Waals surface area contributed by atoms with Crippen LogP contribution in [-0.4, -0.2) is 17.7 Å². The monoisotopic (exact) mass is 206 g/mol. The molecule has 1 aromatic rings. The van der Waals surface area contributed by atoms with Crippen LogP contribution in [0.1, 0.15) is 5.56 Å². The predicted molar refractivity (Wildman–Crippen MR) is 44.8 cm³/mol. The van der Waals surface area contributed by atoms with Crippen LogP contribution in [0.4, 0.5) is 13.2 Å². The highest BCUT2D eigenvalue weighted by Crippen LogP contribution is 2.12. The van der Waals surface area contributed by atoms with Crippen molar-refractivity contribution in [3.05, 3.63) is 34.2 Å². The molecule has 0 bridgehead atoms. The van der Waals surface area contributed by atoms with E-state index in [1.165, 1.54) is 12.3 Å². The summed E-state index contributed by atoms with van der Waals surface area (Å²) in [5.41, 5.74) is 0.203. The number of halogens is 3. The van der Waals surface area contributed by atoms with Gasteiger partial charge in [-0.15, -0.1) is 0 Å². The molecule has 3 nitrogen and oxygen atoms in total. The van der Waals surface area contributed by atoms with Crippen LogP contribution in [0.5, 0.6) is 0 Å². The average molecular weight is 206 g/mol. The van der Waals surface area contributed by atoms with Crippen molar-refractivity contribution in [2.75, 3.05) is 6.54 Å². The summed E-state index contributed by atoms with van der Waals surface area (Å²) < 4.78 is 35.1. The van der Waals surface area contributed by atoms with Crippen molar-refractivity contribution in [3.63, 3.8) is 0 Å². The van der Waals surface area contributed by atoms with E-state index in [-0.39, 0.29) is 12.1 Å². The first-order valence-corrected chi connectivity index (χ1v) is 3.92. The Morgan fingerprint density at radius 2 is 2.14 bits per heavy atom. The summed E-state index contributed by atoms with van der Waals surface area (Å²) in [5, 5.41) is 2.19. The number of H-pyrrole nitrogens is 1. The summed E-state index contributed by atoms with van der Waals surface area (Å²) in [7, 11) is 0. The zero-order valence-electron chi connectivity index (χ0n) is 7.19. The molecule has 0 amide bonds. The molecule has 1 heterocycles. The van der Waals surface area contributed by atoms with E-state index in [9.17, 15) is 18.0 Å². The Kier molecular flexibility index (Phi) is 3.29. The highest BCUT2D eigenvalue weighted by atomic mass is 19.4. The number of aromatic amines is 1. The molecule has 0 spiro atoms. The van der Waals surface area contributed by atoms with Gasteiger partial charge in [0.25, 0.3) is 0 Å². The number of rotatable bonds is 3. The van der Waals surface area contributed by atoms with Crippen molar-refractivity contribution in [1.82, 2.24) is 10.3 Å². The second kappa shape index (κ2) is 4.28. The van der Waals surface area contributed by atoms with Gasteiger partial charge in [-0.3, -0.25) is 4.79 Å². The van der Waals surface area contributed by atoms with E-state index in [0.717, 1.165) is 0 Å². The SMILES string of the molecule is O=c1cc(CNCC(F)(F)F)cc[nH]1. The topological polar surface area (TPSA) is 44.9 Å². The fourth-order valence-corrected chi connectivity index (χ4v) is 0.948. The summed E-state index contributed by atoms with van der Waals surface area (Å²) in [4.78, 5) is 13.1. The maximum Gasteiger partial charge on any atom is 0.401 e. The molecule has 1 aromatic heterocycles. The van der Waals surface area contributed by atoms with Crippen LogP contribution in [0.15, 0.2) is 23.1 Å². The minimum absolute atomic E-state index is 0.0312. The minimum Gasteiger partial charge on any atom is -0.329 e. The Morgan fingerprint density at radius 3 is 2.71 bits per heavy atom. The Labute approximate surface area is 78.0 Å². The largest absolute Gasteiger partial charge is 0.401 e. The van der Waals surface area contributed by atoms with Crippen molar-refractivity contribution >= 4 is 0 Å². The molecule has 0 aliphatic heterocycles. The van der Waals surface area contributed by atoms with E-state index in [2.05, 4.69) is 10.3 Å². The number of alkyl halides is 3. The van der Waals surface area contributed by atoms with Crippen molar-refractivity contribution in [1.29, 1.82) is 0 Å². The highest BCUT2D eigenvalue weighted by Gasteiger charge is 2.25. The Balaban J connectivity index is 2.43. The van der Waals surface area contributed by atoms with Gasteiger partial charge in [-0.1, -0.05) is 0 Å². The molecule has 14 heavy (non-hydrogen) atoms. The van der Waals surface area contributed by atoms with Gasteiger partial charge in [-0.2, -0.15) is 13.2 Å². The number of pyridine rings is 1. The lowest BCUT2D eigenvalue weighted by atomic mass is 10.3. The van der Waals surface area contributed by atoms with Crippen LogP contribution < -0.4 is 10.9 Å². The first-order chi connectivity index (χ1) is 6.47. The van der Waals surface area contributed by atoms with Gasteiger partial charge in [-0.25, -0.2) is 0 Å². The lowest BCUT2D eigenvalue weighted by molar-refractivity contribution is -0.125. The molecule has 78 valence electrons. The molecule has 0 aromatic carbocycles. The van der Waals surface area contributed by atoms with Crippen LogP contribution in [0.3, 0.4) is 0 Å². The van der Waals surface area contributed by atoms with Crippen LogP contribution in [0, 0.1) is 0 Å². The summed E-state index contributed by atoms with van der Waals surface area (Å²) in [6, 6.07) is 2.80. The maximum absolute atomic E-state index is 11.7. The van der Waals surface area contributed by atoms with E-state index in [4.69, 9.17) is 0 Å². The van der Waals surface area contributed by atoms with Gasteiger partial charge < -0.3 is 10.3 Å². The minimum atomic E-state index is -4.22. The lowest BCUT2D eigenvalue weighted by Gasteiger charge is -2.07. The van der Waals surface area contributed by atoms with Crippen molar-refractivity contribution in [3.8, 4) is 0 Å².